The van der Waals surface area contributed by atoms with Crippen molar-refractivity contribution in [3.05, 3.63) is 35.6 Å². The van der Waals surface area contributed by atoms with Crippen molar-refractivity contribution in [2.75, 3.05) is 26.2 Å². The molecule has 1 aromatic rings. The summed E-state index contributed by atoms with van der Waals surface area (Å²) in [6.07, 6.45) is -0.916. The summed E-state index contributed by atoms with van der Waals surface area (Å²) in [6, 6.07) is 6.16. The molecule has 1 fully saturated rings. The number of β-amino-alcohol motifs (C(OH)–C–C–N with tert-alkyl or cyclic N) is 2. The van der Waals surface area contributed by atoms with E-state index in [2.05, 4.69) is 5.32 Å². The highest BCUT2D eigenvalue weighted by Crippen LogP contribution is 2.08. The Hall–Kier alpha value is -1.50. The van der Waals surface area contributed by atoms with Gasteiger partial charge in [-0.05, 0) is 24.1 Å². The minimum atomic E-state index is -0.776. The van der Waals surface area contributed by atoms with Gasteiger partial charge in [-0.2, -0.15) is 0 Å². The monoisotopic (exact) mass is 282 g/mol. The van der Waals surface area contributed by atoms with Crippen molar-refractivity contribution in [3.63, 3.8) is 0 Å². The van der Waals surface area contributed by atoms with Gasteiger partial charge in [0, 0.05) is 19.6 Å². The molecule has 6 heteroatoms. The van der Waals surface area contributed by atoms with Crippen LogP contribution in [0.2, 0.25) is 0 Å². The molecular weight excluding hydrogens is 263 g/mol. The fourth-order valence-corrected chi connectivity index (χ4v) is 2.23. The SMILES string of the molecule is O=C(CN1CC(O)C(O)C1)NCCc1ccc(F)cc1. The number of nitrogens with zero attached hydrogens (tertiary/aromatic N) is 1. The first-order valence-corrected chi connectivity index (χ1v) is 6.64. The lowest BCUT2D eigenvalue weighted by atomic mass is 10.1. The van der Waals surface area contributed by atoms with E-state index < -0.39 is 12.2 Å². The fourth-order valence-electron chi connectivity index (χ4n) is 2.23. The van der Waals surface area contributed by atoms with Gasteiger partial charge in [-0.1, -0.05) is 12.1 Å². The molecule has 3 N–H and O–H groups in total. The average molecular weight is 282 g/mol. The van der Waals surface area contributed by atoms with Gasteiger partial charge in [0.25, 0.3) is 0 Å². The minimum absolute atomic E-state index is 0.145. The number of halogens is 1. The van der Waals surface area contributed by atoms with Gasteiger partial charge in [0.2, 0.25) is 5.91 Å². The molecule has 2 atom stereocenters. The van der Waals surface area contributed by atoms with Crippen molar-refractivity contribution in [1.82, 2.24) is 10.2 Å². The van der Waals surface area contributed by atoms with Crippen LogP contribution < -0.4 is 5.32 Å². The second-order valence-electron chi connectivity index (χ2n) is 5.06. The number of nitrogens with one attached hydrogen (secondary N) is 1. The molecule has 20 heavy (non-hydrogen) atoms. The summed E-state index contributed by atoms with van der Waals surface area (Å²) in [4.78, 5) is 13.4. The van der Waals surface area contributed by atoms with E-state index in [1.165, 1.54) is 12.1 Å². The molecule has 0 bridgehead atoms. The summed E-state index contributed by atoms with van der Waals surface area (Å²) >= 11 is 0. The number of aliphatic hydroxyl groups is 2. The molecule has 1 saturated heterocycles. The number of carbonyl (C=O) groups excluding carboxylic acids is 1. The van der Waals surface area contributed by atoms with Gasteiger partial charge in [-0.15, -0.1) is 0 Å². The Balaban J connectivity index is 1.67. The Bertz CT molecular complexity index is 442. The Morgan fingerprint density at radius 2 is 1.85 bits per heavy atom. The maximum Gasteiger partial charge on any atom is 0.234 e. The highest BCUT2D eigenvalue weighted by molar-refractivity contribution is 5.78. The van der Waals surface area contributed by atoms with Gasteiger partial charge in [0.15, 0.2) is 0 Å². The third kappa shape index (κ3) is 4.26. The lowest BCUT2D eigenvalue weighted by Gasteiger charge is -2.14. The number of hydrogen-bond donors (Lipinski definition) is 3. The molecule has 1 aromatic carbocycles. The first-order valence-electron chi connectivity index (χ1n) is 6.64. The quantitative estimate of drug-likeness (QED) is 0.682. The van der Waals surface area contributed by atoms with Crippen LogP contribution in [0.25, 0.3) is 0 Å². The fraction of sp³-hybridized carbons (Fsp3) is 0.500. The van der Waals surface area contributed by atoms with E-state index in [-0.39, 0.29) is 18.3 Å². The second-order valence-corrected chi connectivity index (χ2v) is 5.06. The second kappa shape index (κ2) is 6.78. The van der Waals surface area contributed by atoms with Crippen molar-refractivity contribution in [3.8, 4) is 0 Å². The summed E-state index contributed by atoms with van der Waals surface area (Å²) in [5.74, 6) is -0.419. The van der Waals surface area contributed by atoms with E-state index in [0.29, 0.717) is 26.1 Å². The Labute approximate surface area is 117 Å². The molecule has 1 amide bonds. The van der Waals surface area contributed by atoms with Crippen molar-refractivity contribution in [2.45, 2.75) is 18.6 Å². The first kappa shape index (κ1) is 14.9. The number of hydrogen-bond acceptors (Lipinski definition) is 4. The maximum atomic E-state index is 12.7. The molecule has 0 aliphatic carbocycles. The zero-order chi connectivity index (χ0) is 14.5. The van der Waals surface area contributed by atoms with Crippen molar-refractivity contribution in [2.24, 2.45) is 0 Å². The lowest BCUT2D eigenvalue weighted by Crippen LogP contribution is -2.37. The maximum absolute atomic E-state index is 12.7. The van der Waals surface area contributed by atoms with E-state index >= 15 is 0 Å². The number of likely N-dealkylation sites (tertiary alicyclic amines) is 1. The Morgan fingerprint density at radius 1 is 1.25 bits per heavy atom. The lowest BCUT2D eigenvalue weighted by molar-refractivity contribution is -0.122. The summed E-state index contributed by atoms with van der Waals surface area (Å²) in [5, 5.41) is 21.5. The number of amides is 1. The van der Waals surface area contributed by atoms with Crippen LogP contribution in [0.15, 0.2) is 24.3 Å². The molecule has 5 nitrogen and oxygen atoms in total. The molecule has 0 saturated carbocycles. The highest BCUT2D eigenvalue weighted by Gasteiger charge is 2.30. The van der Waals surface area contributed by atoms with Gasteiger partial charge in [0.05, 0.1) is 18.8 Å². The zero-order valence-corrected chi connectivity index (χ0v) is 11.1. The molecule has 1 aliphatic rings. The third-order valence-corrected chi connectivity index (χ3v) is 3.35. The van der Waals surface area contributed by atoms with Crippen LogP contribution in [0.1, 0.15) is 5.56 Å². The van der Waals surface area contributed by atoms with Crippen molar-refractivity contribution >= 4 is 5.91 Å². The molecule has 0 radical (unpaired) electrons. The van der Waals surface area contributed by atoms with Crippen LogP contribution in [-0.2, 0) is 11.2 Å². The number of rotatable bonds is 5. The van der Waals surface area contributed by atoms with Crippen molar-refractivity contribution < 1.29 is 19.4 Å². The molecule has 2 unspecified atom stereocenters. The van der Waals surface area contributed by atoms with E-state index in [9.17, 15) is 19.4 Å². The van der Waals surface area contributed by atoms with Crippen LogP contribution in [-0.4, -0.2) is 59.4 Å². The summed E-state index contributed by atoms with van der Waals surface area (Å²) < 4.78 is 12.7. The molecular formula is C14H19FN2O3. The van der Waals surface area contributed by atoms with E-state index in [1.54, 1.807) is 17.0 Å². The van der Waals surface area contributed by atoms with Gasteiger partial charge < -0.3 is 15.5 Å². The standard InChI is InChI=1S/C14H19FN2O3/c15-11-3-1-10(2-4-11)5-6-16-14(20)9-17-7-12(18)13(19)8-17/h1-4,12-13,18-19H,5-9H2,(H,16,20). The first-order chi connectivity index (χ1) is 9.54. The molecule has 110 valence electrons. The van der Waals surface area contributed by atoms with E-state index in [0.717, 1.165) is 5.56 Å². The normalized spacial score (nSPS) is 22.9. The van der Waals surface area contributed by atoms with Gasteiger partial charge in [0.1, 0.15) is 5.82 Å². The van der Waals surface area contributed by atoms with Crippen LogP contribution >= 0.6 is 0 Å². The molecule has 2 rings (SSSR count). The Kier molecular flexibility index (Phi) is 5.05. The summed E-state index contributed by atoms with van der Waals surface area (Å²) in [6.45, 7) is 1.26. The predicted molar refractivity (Wildman–Crippen MR) is 71.6 cm³/mol. The van der Waals surface area contributed by atoms with E-state index in [4.69, 9.17) is 0 Å². The highest BCUT2D eigenvalue weighted by atomic mass is 19.1. The minimum Gasteiger partial charge on any atom is -0.389 e. The average Bonchev–Trinajstić information content (AvgIpc) is 2.70. The van der Waals surface area contributed by atoms with E-state index in [1.807, 2.05) is 0 Å². The molecule has 1 aliphatic heterocycles. The predicted octanol–water partition coefficient (Wildman–Crippen LogP) is -0.478. The number of benzene rings is 1. The summed E-state index contributed by atoms with van der Waals surface area (Å²) in [7, 11) is 0. The summed E-state index contributed by atoms with van der Waals surface area (Å²) in [5.41, 5.74) is 0.957. The van der Waals surface area contributed by atoms with Crippen LogP contribution in [0.5, 0.6) is 0 Å². The van der Waals surface area contributed by atoms with Gasteiger partial charge >= 0.3 is 0 Å². The zero-order valence-electron chi connectivity index (χ0n) is 11.1. The topological polar surface area (TPSA) is 72.8 Å². The van der Waals surface area contributed by atoms with Gasteiger partial charge in [-0.25, -0.2) is 4.39 Å². The number of aliphatic hydroxyl groups excluding tert-OH is 2. The number of carbonyl (C=O) groups is 1. The van der Waals surface area contributed by atoms with Crippen molar-refractivity contribution in [1.29, 1.82) is 0 Å². The molecule has 0 aromatic heterocycles. The molecule has 0 spiro atoms. The van der Waals surface area contributed by atoms with Crippen LogP contribution in [0.3, 0.4) is 0 Å². The van der Waals surface area contributed by atoms with Gasteiger partial charge in [-0.3, -0.25) is 9.69 Å². The molecule has 1 heterocycles. The smallest absolute Gasteiger partial charge is 0.234 e. The largest absolute Gasteiger partial charge is 0.389 e. The third-order valence-electron chi connectivity index (χ3n) is 3.35. The van der Waals surface area contributed by atoms with Crippen LogP contribution in [0, 0.1) is 5.82 Å². The van der Waals surface area contributed by atoms with Crippen LogP contribution in [0.4, 0.5) is 4.39 Å². The Morgan fingerprint density at radius 3 is 2.45 bits per heavy atom.